The highest BCUT2D eigenvalue weighted by Crippen LogP contribution is 2.55. The van der Waals surface area contributed by atoms with E-state index >= 15 is 0 Å². The molecule has 0 fully saturated rings. The van der Waals surface area contributed by atoms with Gasteiger partial charge in [-0.05, 0) is 103 Å². The van der Waals surface area contributed by atoms with Gasteiger partial charge in [-0.2, -0.15) is 0 Å². The average molecular weight is 632 g/mol. The van der Waals surface area contributed by atoms with E-state index in [2.05, 4.69) is 209 Å². The zero-order chi connectivity index (χ0) is 33.6. The Morgan fingerprint density at radius 1 is 0.327 bits per heavy atom. The molecule has 0 saturated carbocycles. The minimum absolute atomic E-state index is 0.0775. The van der Waals surface area contributed by atoms with Gasteiger partial charge in [0.25, 0.3) is 0 Å². The van der Waals surface area contributed by atoms with Crippen molar-refractivity contribution in [2.45, 2.75) is 38.5 Å². The molecule has 0 spiro atoms. The maximum absolute atomic E-state index is 2.45. The van der Waals surface area contributed by atoms with Crippen LogP contribution in [0.1, 0.15) is 38.8 Å². The first-order chi connectivity index (χ1) is 23.8. The summed E-state index contributed by atoms with van der Waals surface area (Å²) in [5.41, 5.74) is 16.1. The highest BCUT2D eigenvalue weighted by atomic mass is 15.1. The largest absolute Gasteiger partial charge is 0.310 e. The molecular formula is C48H41N. The molecule has 238 valence electrons. The van der Waals surface area contributed by atoms with Crippen molar-refractivity contribution in [3.05, 3.63) is 187 Å². The van der Waals surface area contributed by atoms with Gasteiger partial charge in [0.2, 0.25) is 0 Å². The topological polar surface area (TPSA) is 3.24 Å². The minimum Gasteiger partial charge on any atom is -0.310 e. The molecule has 0 atom stereocenters. The second-order valence-corrected chi connectivity index (χ2v) is 14.2. The molecule has 0 amide bonds. The highest BCUT2D eigenvalue weighted by molar-refractivity contribution is 5.89. The van der Waals surface area contributed by atoms with Gasteiger partial charge in [0, 0.05) is 16.9 Å². The van der Waals surface area contributed by atoms with Crippen LogP contribution in [0.5, 0.6) is 0 Å². The van der Waals surface area contributed by atoms with Crippen LogP contribution in [-0.2, 0) is 10.8 Å². The normalized spacial score (nSPS) is 14.0. The lowest BCUT2D eigenvalue weighted by Crippen LogP contribution is -2.43. The molecule has 0 saturated heterocycles. The van der Waals surface area contributed by atoms with Crippen LogP contribution >= 0.6 is 0 Å². The Kier molecular flexibility index (Phi) is 7.57. The maximum atomic E-state index is 2.45. The molecule has 1 aliphatic carbocycles. The fourth-order valence-electron chi connectivity index (χ4n) is 7.61. The van der Waals surface area contributed by atoms with Crippen LogP contribution in [0.3, 0.4) is 0 Å². The quantitative estimate of drug-likeness (QED) is 0.176. The number of fused-ring (bicyclic) bond motifs is 3. The van der Waals surface area contributed by atoms with E-state index in [9.17, 15) is 0 Å². The molecule has 7 aromatic carbocycles. The Morgan fingerprint density at radius 3 is 1.39 bits per heavy atom. The first-order valence-electron chi connectivity index (χ1n) is 17.3. The number of anilines is 3. The van der Waals surface area contributed by atoms with E-state index in [1.807, 2.05) is 0 Å². The predicted octanol–water partition coefficient (Wildman–Crippen LogP) is 13.4. The predicted molar refractivity (Wildman–Crippen MR) is 209 cm³/mol. The van der Waals surface area contributed by atoms with Crippen LogP contribution < -0.4 is 4.90 Å². The standard InChI is InChI=1S/C48H41N/c1-47(2)44-32-37(34-17-8-5-9-18-34)27-29-42(44)43-30-28-38(33-45(43)48(47,3)4)36-21-16-24-40(31-36)49(39-22-12-7-13-23-39)46-26-15-14-25-41(46)35-19-10-6-11-20-35/h5-33H,1-4H3. The van der Waals surface area contributed by atoms with E-state index in [1.54, 1.807) is 0 Å². The monoisotopic (exact) mass is 631 g/mol. The number of hydrogen-bond acceptors (Lipinski definition) is 1. The van der Waals surface area contributed by atoms with Crippen molar-refractivity contribution >= 4 is 17.1 Å². The fourth-order valence-corrected chi connectivity index (χ4v) is 7.61. The van der Waals surface area contributed by atoms with Crippen LogP contribution in [0.15, 0.2) is 176 Å². The number of para-hydroxylation sites is 2. The van der Waals surface area contributed by atoms with E-state index in [4.69, 9.17) is 0 Å². The van der Waals surface area contributed by atoms with Crippen LogP contribution in [0.25, 0.3) is 44.5 Å². The van der Waals surface area contributed by atoms with Crippen molar-refractivity contribution in [2.24, 2.45) is 0 Å². The summed E-state index contributed by atoms with van der Waals surface area (Å²) in [4.78, 5) is 2.39. The van der Waals surface area contributed by atoms with Gasteiger partial charge in [-0.1, -0.05) is 161 Å². The molecule has 1 heteroatoms. The van der Waals surface area contributed by atoms with Gasteiger partial charge in [-0.25, -0.2) is 0 Å². The van der Waals surface area contributed by atoms with Gasteiger partial charge in [-0.15, -0.1) is 0 Å². The summed E-state index contributed by atoms with van der Waals surface area (Å²) in [7, 11) is 0. The molecule has 1 aliphatic rings. The van der Waals surface area contributed by atoms with Crippen LogP contribution in [0, 0.1) is 0 Å². The second kappa shape index (κ2) is 12.1. The number of benzene rings is 7. The third-order valence-corrected chi connectivity index (χ3v) is 11.0. The van der Waals surface area contributed by atoms with Gasteiger partial charge in [0.1, 0.15) is 0 Å². The van der Waals surface area contributed by atoms with Gasteiger partial charge in [-0.3, -0.25) is 0 Å². The summed E-state index contributed by atoms with van der Waals surface area (Å²) in [5.74, 6) is 0. The van der Waals surface area contributed by atoms with Crippen molar-refractivity contribution in [3.63, 3.8) is 0 Å². The number of rotatable bonds is 6. The summed E-state index contributed by atoms with van der Waals surface area (Å²) < 4.78 is 0. The molecule has 8 rings (SSSR count). The molecule has 0 unspecified atom stereocenters. The van der Waals surface area contributed by atoms with Gasteiger partial charge in [0.15, 0.2) is 0 Å². The van der Waals surface area contributed by atoms with Crippen molar-refractivity contribution in [3.8, 4) is 44.5 Å². The van der Waals surface area contributed by atoms with Crippen molar-refractivity contribution in [1.29, 1.82) is 0 Å². The Bertz CT molecular complexity index is 2260. The zero-order valence-electron chi connectivity index (χ0n) is 28.7. The first-order valence-corrected chi connectivity index (χ1v) is 17.3. The van der Waals surface area contributed by atoms with E-state index < -0.39 is 0 Å². The average Bonchev–Trinajstić information content (AvgIpc) is 3.15. The summed E-state index contributed by atoms with van der Waals surface area (Å²) in [5, 5.41) is 0. The van der Waals surface area contributed by atoms with E-state index in [0.717, 1.165) is 17.1 Å². The molecule has 7 aromatic rings. The van der Waals surface area contributed by atoms with Gasteiger partial charge in [0.05, 0.1) is 5.69 Å². The number of hydrogen-bond donors (Lipinski definition) is 0. The third kappa shape index (κ3) is 5.27. The van der Waals surface area contributed by atoms with E-state index in [-0.39, 0.29) is 10.8 Å². The van der Waals surface area contributed by atoms with Gasteiger partial charge >= 0.3 is 0 Å². The Hall–Kier alpha value is -5.66. The minimum atomic E-state index is -0.0943. The Morgan fingerprint density at radius 2 is 0.776 bits per heavy atom. The lowest BCUT2D eigenvalue weighted by Gasteiger charge is -2.48. The van der Waals surface area contributed by atoms with E-state index in [1.165, 1.54) is 55.6 Å². The summed E-state index contributed by atoms with van der Waals surface area (Å²) in [6, 6.07) is 64.0. The summed E-state index contributed by atoms with van der Waals surface area (Å²) in [6.07, 6.45) is 0. The first kappa shape index (κ1) is 30.7. The SMILES string of the molecule is CC1(C)c2cc(-c3ccccc3)ccc2-c2ccc(-c3cccc(N(c4ccccc4)c4ccccc4-c4ccccc4)c3)cc2C1(C)C. The molecule has 0 N–H and O–H groups in total. The zero-order valence-corrected chi connectivity index (χ0v) is 28.7. The second-order valence-electron chi connectivity index (χ2n) is 14.2. The van der Waals surface area contributed by atoms with Crippen LogP contribution in [0.4, 0.5) is 17.1 Å². The van der Waals surface area contributed by atoms with E-state index in [0.29, 0.717) is 0 Å². The molecule has 1 nitrogen and oxygen atoms in total. The molecule has 0 heterocycles. The van der Waals surface area contributed by atoms with Crippen molar-refractivity contribution in [1.82, 2.24) is 0 Å². The van der Waals surface area contributed by atoms with Crippen LogP contribution in [-0.4, -0.2) is 0 Å². The molecule has 0 aromatic heterocycles. The van der Waals surface area contributed by atoms with Crippen molar-refractivity contribution in [2.75, 3.05) is 4.90 Å². The highest BCUT2D eigenvalue weighted by Gasteiger charge is 2.46. The molecular weight excluding hydrogens is 591 g/mol. The molecule has 0 aliphatic heterocycles. The van der Waals surface area contributed by atoms with Gasteiger partial charge < -0.3 is 4.90 Å². The Labute approximate surface area is 291 Å². The van der Waals surface area contributed by atoms with Crippen molar-refractivity contribution < 1.29 is 0 Å². The van der Waals surface area contributed by atoms with Crippen LogP contribution in [0.2, 0.25) is 0 Å². The summed E-state index contributed by atoms with van der Waals surface area (Å²) >= 11 is 0. The number of nitrogens with zero attached hydrogens (tertiary/aromatic N) is 1. The fraction of sp³-hybridized carbons (Fsp3) is 0.125. The Balaban J connectivity index is 1.25. The lowest BCUT2D eigenvalue weighted by molar-refractivity contribution is 0.299. The maximum Gasteiger partial charge on any atom is 0.0540 e. The molecule has 49 heavy (non-hydrogen) atoms. The third-order valence-electron chi connectivity index (χ3n) is 11.0. The molecule has 0 bridgehead atoms. The lowest BCUT2D eigenvalue weighted by atomic mass is 9.55. The summed E-state index contributed by atoms with van der Waals surface area (Å²) in [6.45, 7) is 9.67. The molecule has 0 radical (unpaired) electrons. The smallest absolute Gasteiger partial charge is 0.0540 e.